The number of halogens is 2. The van der Waals surface area contributed by atoms with Gasteiger partial charge in [0.25, 0.3) is 5.91 Å². The van der Waals surface area contributed by atoms with Gasteiger partial charge in [0.2, 0.25) is 0 Å². The van der Waals surface area contributed by atoms with Crippen molar-refractivity contribution in [2.24, 2.45) is 0 Å². The van der Waals surface area contributed by atoms with Crippen LogP contribution in [0.1, 0.15) is 11.1 Å². The third-order valence-corrected chi connectivity index (χ3v) is 3.54. The zero-order chi connectivity index (χ0) is 15.4. The molecule has 1 amide bonds. The van der Waals surface area contributed by atoms with Gasteiger partial charge in [-0.05, 0) is 55.3 Å². The molecule has 0 spiro atoms. The average molecular weight is 352 g/mol. The molecule has 0 saturated heterocycles. The van der Waals surface area contributed by atoms with E-state index in [2.05, 4.69) is 21.2 Å². The molecule has 5 heteroatoms. The van der Waals surface area contributed by atoms with Gasteiger partial charge in [0, 0.05) is 10.2 Å². The Bertz CT molecular complexity index is 673. The molecule has 2 aromatic carbocycles. The van der Waals surface area contributed by atoms with Crippen LogP contribution < -0.4 is 10.1 Å². The summed E-state index contributed by atoms with van der Waals surface area (Å²) in [5, 5.41) is 2.72. The molecule has 21 heavy (non-hydrogen) atoms. The van der Waals surface area contributed by atoms with E-state index in [0.717, 1.165) is 11.1 Å². The Labute approximate surface area is 131 Å². The van der Waals surface area contributed by atoms with Gasteiger partial charge in [-0.3, -0.25) is 4.79 Å². The second-order valence-electron chi connectivity index (χ2n) is 4.71. The number of nitrogens with one attached hydrogen (secondary N) is 1. The minimum Gasteiger partial charge on any atom is -0.481 e. The number of ether oxygens (including phenoxy) is 1. The van der Waals surface area contributed by atoms with Crippen LogP contribution in [0.2, 0.25) is 0 Å². The topological polar surface area (TPSA) is 38.3 Å². The van der Waals surface area contributed by atoms with Crippen LogP contribution in [-0.4, -0.2) is 12.5 Å². The molecule has 0 aliphatic rings. The molecular weight excluding hydrogens is 337 g/mol. The fraction of sp³-hybridized carbons (Fsp3) is 0.188. The smallest absolute Gasteiger partial charge is 0.262 e. The average Bonchev–Trinajstić information content (AvgIpc) is 2.42. The number of anilines is 1. The summed E-state index contributed by atoms with van der Waals surface area (Å²) in [7, 11) is 0. The minimum absolute atomic E-state index is 0.0495. The first-order chi connectivity index (χ1) is 9.95. The van der Waals surface area contributed by atoms with Gasteiger partial charge < -0.3 is 10.1 Å². The largest absolute Gasteiger partial charge is 0.481 e. The van der Waals surface area contributed by atoms with Gasteiger partial charge in [0.1, 0.15) is 0 Å². The Morgan fingerprint density at radius 3 is 2.62 bits per heavy atom. The SMILES string of the molecule is Cc1ccc(NC(=O)COc2ccc(Br)cc2F)cc1C. The van der Waals surface area contributed by atoms with Crippen molar-refractivity contribution < 1.29 is 13.9 Å². The van der Waals surface area contributed by atoms with Gasteiger partial charge in [-0.1, -0.05) is 22.0 Å². The van der Waals surface area contributed by atoms with E-state index in [1.165, 1.54) is 12.1 Å². The van der Waals surface area contributed by atoms with E-state index >= 15 is 0 Å². The molecule has 0 bridgehead atoms. The fourth-order valence-corrected chi connectivity index (χ4v) is 2.08. The second-order valence-corrected chi connectivity index (χ2v) is 5.63. The van der Waals surface area contributed by atoms with Crippen LogP contribution in [0.3, 0.4) is 0 Å². The number of benzene rings is 2. The van der Waals surface area contributed by atoms with E-state index in [1.807, 2.05) is 32.0 Å². The predicted molar refractivity (Wildman–Crippen MR) is 84.1 cm³/mol. The normalized spacial score (nSPS) is 10.3. The summed E-state index contributed by atoms with van der Waals surface area (Å²) in [4.78, 5) is 11.8. The maximum absolute atomic E-state index is 13.5. The Hall–Kier alpha value is -1.88. The molecule has 3 nitrogen and oxygen atoms in total. The van der Waals surface area contributed by atoms with Crippen LogP contribution in [0.4, 0.5) is 10.1 Å². The summed E-state index contributed by atoms with van der Waals surface area (Å²) in [6.07, 6.45) is 0. The van der Waals surface area contributed by atoms with Crippen molar-refractivity contribution >= 4 is 27.5 Å². The molecule has 0 heterocycles. The number of carbonyl (C=O) groups is 1. The Kier molecular flexibility index (Phi) is 4.96. The molecule has 2 aromatic rings. The van der Waals surface area contributed by atoms with E-state index < -0.39 is 5.82 Å². The Morgan fingerprint density at radius 1 is 1.19 bits per heavy atom. The van der Waals surface area contributed by atoms with E-state index in [9.17, 15) is 9.18 Å². The highest BCUT2D eigenvalue weighted by Gasteiger charge is 2.08. The van der Waals surface area contributed by atoms with Crippen LogP contribution in [0.25, 0.3) is 0 Å². The van der Waals surface area contributed by atoms with E-state index in [1.54, 1.807) is 6.07 Å². The zero-order valence-corrected chi connectivity index (χ0v) is 13.3. The van der Waals surface area contributed by atoms with Gasteiger partial charge >= 0.3 is 0 Å². The van der Waals surface area contributed by atoms with Crippen molar-refractivity contribution in [1.29, 1.82) is 0 Å². The van der Waals surface area contributed by atoms with Crippen LogP contribution in [0.5, 0.6) is 5.75 Å². The van der Waals surface area contributed by atoms with Crippen molar-refractivity contribution in [3.8, 4) is 5.75 Å². The lowest BCUT2D eigenvalue weighted by molar-refractivity contribution is -0.118. The molecule has 0 aromatic heterocycles. The Morgan fingerprint density at radius 2 is 1.95 bits per heavy atom. The van der Waals surface area contributed by atoms with E-state index in [4.69, 9.17) is 4.74 Å². The third-order valence-electron chi connectivity index (χ3n) is 3.04. The van der Waals surface area contributed by atoms with Crippen molar-refractivity contribution in [3.05, 3.63) is 57.8 Å². The predicted octanol–water partition coefficient (Wildman–Crippen LogP) is 4.22. The fourth-order valence-electron chi connectivity index (χ4n) is 1.75. The van der Waals surface area contributed by atoms with Crippen molar-refractivity contribution in [1.82, 2.24) is 0 Å². The molecule has 0 radical (unpaired) electrons. The summed E-state index contributed by atoms with van der Waals surface area (Å²) in [5.74, 6) is -0.794. The Balaban J connectivity index is 1.94. The molecule has 110 valence electrons. The zero-order valence-electron chi connectivity index (χ0n) is 11.7. The number of hydrogen-bond donors (Lipinski definition) is 1. The molecule has 0 fully saturated rings. The maximum Gasteiger partial charge on any atom is 0.262 e. The van der Waals surface area contributed by atoms with Crippen molar-refractivity contribution in [2.45, 2.75) is 13.8 Å². The molecule has 0 atom stereocenters. The lowest BCUT2D eigenvalue weighted by Gasteiger charge is -2.09. The standard InChI is InChI=1S/C16H15BrFNO2/c1-10-3-5-13(7-11(10)2)19-16(20)9-21-15-6-4-12(17)8-14(15)18/h3-8H,9H2,1-2H3,(H,19,20). The highest BCUT2D eigenvalue weighted by molar-refractivity contribution is 9.10. The highest BCUT2D eigenvalue weighted by Crippen LogP contribution is 2.21. The highest BCUT2D eigenvalue weighted by atomic mass is 79.9. The van der Waals surface area contributed by atoms with Crippen LogP contribution in [-0.2, 0) is 4.79 Å². The molecule has 1 N–H and O–H groups in total. The van der Waals surface area contributed by atoms with Gasteiger partial charge in [-0.15, -0.1) is 0 Å². The summed E-state index contributed by atoms with van der Waals surface area (Å²) in [6.45, 7) is 3.73. The molecule has 2 rings (SSSR count). The monoisotopic (exact) mass is 351 g/mol. The summed E-state index contributed by atoms with van der Waals surface area (Å²) in [6, 6.07) is 10.0. The molecule has 0 saturated carbocycles. The first kappa shape index (κ1) is 15.5. The molecule has 0 aliphatic carbocycles. The van der Waals surface area contributed by atoms with Gasteiger partial charge in [0.15, 0.2) is 18.2 Å². The lowest BCUT2D eigenvalue weighted by Crippen LogP contribution is -2.20. The molecule has 0 unspecified atom stereocenters. The van der Waals surface area contributed by atoms with Crippen molar-refractivity contribution in [3.63, 3.8) is 0 Å². The van der Waals surface area contributed by atoms with Crippen molar-refractivity contribution in [2.75, 3.05) is 11.9 Å². The van der Waals surface area contributed by atoms with Crippen LogP contribution in [0, 0.1) is 19.7 Å². The number of rotatable bonds is 4. The maximum atomic E-state index is 13.5. The van der Waals surface area contributed by atoms with Gasteiger partial charge in [-0.2, -0.15) is 0 Å². The van der Waals surface area contributed by atoms with Crippen LogP contribution in [0.15, 0.2) is 40.9 Å². The first-order valence-corrected chi connectivity index (χ1v) is 7.20. The van der Waals surface area contributed by atoms with Gasteiger partial charge in [-0.25, -0.2) is 4.39 Å². The first-order valence-electron chi connectivity index (χ1n) is 6.40. The van der Waals surface area contributed by atoms with Gasteiger partial charge in [0.05, 0.1) is 0 Å². The third kappa shape index (κ3) is 4.29. The molecular formula is C16H15BrFNO2. The molecule has 0 aliphatic heterocycles. The second kappa shape index (κ2) is 6.72. The number of amides is 1. The quantitative estimate of drug-likeness (QED) is 0.895. The van der Waals surface area contributed by atoms with Crippen LogP contribution >= 0.6 is 15.9 Å². The number of carbonyl (C=O) groups excluding carboxylic acids is 1. The summed E-state index contributed by atoms with van der Waals surface area (Å²) >= 11 is 3.16. The van der Waals surface area contributed by atoms with E-state index in [0.29, 0.717) is 10.2 Å². The summed E-state index contributed by atoms with van der Waals surface area (Å²) < 4.78 is 19.3. The summed E-state index contributed by atoms with van der Waals surface area (Å²) in [5.41, 5.74) is 2.94. The minimum atomic E-state index is -0.511. The lowest BCUT2D eigenvalue weighted by atomic mass is 10.1. The number of hydrogen-bond acceptors (Lipinski definition) is 2. The van der Waals surface area contributed by atoms with E-state index in [-0.39, 0.29) is 18.3 Å². The number of aryl methyl sites for hydroxylation is 2.